The van der Waals surface area contributed by atoms with Gasteiger partial charge in [0.25, 0.3) is 0 Å². The summed E-state index contributed by atoms with van der Waals surface area (Å²) in [6.45, 7) is 0.533. The summed E-state index contributed by atoms with van der Waals surface area (Å²) in [7, 11) is -0.615. The van der Waals surface area contributed by atoms with Crippen molar-refractivity contribution in [3.8, 4) is 5.75 Å². The third kappa shape index (κ3) is 4.08. The molecule has 0 amide bonds. The molecule has 10 heteroatoms. The highest BCUT2D eigenvalue weighted by atomic mass is 32.2. The van der Waals surface area contributed by atoms with Crippen LogP contribution in [0.2, 0.25) is 0 Å². The SMILES string of the molecule is COc1cc(Cn2cccn2)cc2onc(NS(=O)(=O)N(C)C3CCCCC3)c12. The number of fused-ring (bicyclic) bond motifs is 1. The Labute approximate surface area is 169 Å². The molecule has 0 unspecified atom stereocenters. The molecule has 2 aromatic heterocycles. The molecule has 0 aliphatic heterocycles. The minimum atomic E-state index is -3.76. The van der Waals surface area contributed by atoms with Gasteiger partial charge in [0.1, 0.15) is 11.1 Å². The molecule has 0 saturated heterocycles. The maximum atomic E-state index is 12.9. The van der Waals surface area contributed by atoms with Crippen molar-refractivity contribution in [2.45, 2.75) is 44.7 Å². The summed E-state index contributed by atoms with van der Waals surface area (Å²) in [5, 5.41) is 8.65. The normalized spacial score (nSPS) is 15.8. The standard InChI is InChI=1S/C19H25N5O4S/c1-23(15-7-4-3-5-8-15)29(25,26)22-19-18-16(27-2)11-14(12-17(18)28-21-19)13-24-10-6-9-20-24/h6,9-12,15H,3-5,7-8,13H2,1-2H3,(H,21,22). The maximum absolute atomic E-state index is 12.9. The second-order valence-electron chi connectivity index (χ2n) is 7.32. The summed E-state index contributed by atoms with van der Waals surface area (Å²) in [5.41, 5.74) is 1.35. The Morgan fingerprint density at radius 3 is 2.79 bits per heavy atom. The number of benzene rings is 1. The lowest BCUT2D eigenvalue weighted by Crippen LogP contribution is -2.41. The first kappa shape index (κ1) is 19.7. The van der Waals surface area contributed by atoms with Crippen LogP contribution in [0.3, 0.4) is 0 Å². The first-order chi connectivity index (χ1) is 14.0. The first-order valence-corrected chi connectivity index (χ1v) is 11.1. The quantitative estimate of drug-likeness (QED) is 0.632. The van der Waals surface area contributed by atoms with E-state index in [1.807, 2.05) is 24.4 Å². The third-order valence-corrected chi connectivity index (χ3v) is 6.92. The molecule has 29 heavy (non-hydrogen) atoms. The minimum absolute atomic E-state index is 0.00184. The van der Waals surface area contributed by atoms with Gasteiger partial charge in [-0.1, -0.05) is 24.4 Å². The van der Waals surface area contributed by atoms with Crippen LogP contribution in [0, 0.1) is 0 Å². The number of ether oxygens (including phenoxy) is 1. The van der Waals surface area contributed by atoms with Gasteiger partial charge in [-0.15, -0.1) is 0 Å². The number of hydrogen-bond acceptors (Lipinski definition) is 6. The van der Waals surface area contributed by atoms with Gasteiger partial charge in [-0.2, -0.15) is 17.8 Å². The van der Waals surface area contributed by atoms with Crippen molar-refractivity contribution in [3.63, 3.8) is 0 Å². The van der Waals surface area contributed by atoms with Crippen LogP contribution in [-0.2, 0) is 16.8 Å². The molecule has 1 aliphatic carbocycles. The van der Waals surface area contributed by atoms with E-state index < -0.39 is 10.2 Å². The topological polar surface area (TPSA) is 102 Å². The molecular formula is C19H25N5O4S. The van der Waals surface area contributed by atoms with Crippen LogP contribution in [0.5, 0.6) is 5.75 Å². The van der Waals surface area contributed by atoms with Gasteiger partial charge in [-0.05, 0) is 36.6 Å². The van der Waals surface area contributed by atoms with Crippen LogP contribution in [-0.4, -0.2) is 47.9 Å². The molecule has 1 aromatic carbocycles. The Morgan fingerprint density at radius 1 is 1.31 bits per heavy atom. The molecular weight excluding hydrogens is 394 g/mol. The molecule has 1 fully saturated rings. The van der Waals surface area contributed by atoms with Gasteiger partial charge in [-0.3, -0.25) is 9.40 Å². The van der Waals surface area contributed by atoms with E-state index in [-0.39, 0.29) is 11.9 Å². The van der Waals surface area contributed by atoms with Gasteiger partial charge in [-0.25, -0.2) is 0 Å². The molecule has 1 saturated carbocycles. The fourth-order valence-corrected chi connectivity index (χ4v) is 4.96. The molecule has 0 spiro atoms. The zero-order valence-corrected chi connectivity index (χ0v) is 17.4. The molecule has 1 N–H and O–H groups in total. The first-order valence-electron chi connectivity index (χ1n) is 9.67. The van der Waals surface area contributed by atoms with E-state index in [0.717, 1.165) is 37.7 Å². The van der Waals surface area contributed by atoms with E-state index in [1.54, 1.807) is 17.9 Å². The van der Waals surface area contributed by atoms with Crippen molar-refractivity contribution in [2.24, 2.45) is 0 Å². The number of anilines is 1. The minimum Gasteiger partial charge on any atom is -0.496 e. The van der Waals surface area contributed by atoms with E-state index in [0.29, 0.717) is 23.3 Å². The lowest BCUT2D eigenvalue weighted by atomic mass is 9.96. The molecule has 0 atom stereocenters. The molecule has 3 aromatic rings. The Hall–Kier alpha value is -2.59. The van der Waals surface area contributed by atoms with Crippen molar-refractivity contribution < 1.29 is 17.7 Å². The van der Waals surface area contributed by atoms with Crippen molar-refractivity contribution in [1.82, 2.24) is 19.2 Å². The average Bonchev–Trinajstić information content (AvgIpc) is 3.37. The fourth-order valence-electron chi connectivity index (χ4n) is 3.83. The highest BCUT2D eigenvalue weighted by Crippen LogP contribution is 2.35. The van der Waals surface area contributed by atoms with Crippen LogP contribution in [0.1, 0.15) is 37.7 Å². The predicted octanol–water partition coefficient (Wildman–Crippen LogP) is 3.00. The van der Waals surface area contributed by atoms with Gasteiger partial charge >= 0.3 is 10.2 Å². The van der Waals surface area contributed by atoms with Gasteiger partial charge in [0.05, 0.1) is 13.7 Å². The van der Waals surface area contributed by atoms with Crippen LogP contribution in [0.4, 0.5) is 5.82 Å². The number of nitrogens with one attached hydrogen (secondary N) is 1. The van der Waals surface area contributed by atoms with Crippen molar-refractivity contribution in [3.05, 3.63) is 36.2 Å². The molecule has 4 rings (SSSR count). The Kier molecular flexibility index (Phi) is 5.46. The molecule has 0 radical (unpaired) electrons. The highest BCUT2D eigenvalue weighted by Gasteiger charge is 2.29. The molecule has 156 valence electrons. The fraction of sp³-hybridized carbons (Fsp3) is 0.474. The number of rotatable bonds is 7. The zero-order chi connectivity index (χ0) is 20.4. The Balaban J connectivity index is 1.62. The number of aromatic nitrogens is 3. The van der Waals surface area contributed by atoms with Gasteiger partial charge < -0.3 is 9.26 Å². The summed E-state index contributed by atoms with van der Waals surface area (Å²) in [5.74, 6) is 0.620. The average molecular weight is 420 g/mol. The highest BCUT2D eigenvalue weighted by molar-refractivity contribution is 7.90. The predicted molar refractivity (Wildman–Crippen MR) is 109 cm³/mol. The van der Waals surface area contributed by atoms with E-state index in [1.165, 1.54) is 11.4 Å². The van der Waals surface area contributed by atoms with Gasteiger partial charge in [0, 0.05) is 25.5 Å². The maximum Gasteiger partial charge on any atom is 0.302 e. The Morgan fingerprint density at radius 2 is 2.10 bits per heavy atom. The molecule has 0 bridgehead atoms. The number of methoxy groups -OCH3 is 1. The molecule has 2 heterocycles. The summed E-state index contributed by atoms with van der Waals surface area (Å²) in [4.78, 5) is 0. The summed E-state index contributed by atoms with van der Waals surface area (Å²) < 4.78 is 42.5. The van der Waals surface area contributed by atoms with Crippen LogP contribution >= 0.6 is 0 Å². The van der Waals surface area contributed by atoms with Crippen LogP contribution < -0.4 is 9.46 Å². The molecule has 1 aliphatic rings. The van der Waals surface area contributed by atoms with Crippen LogP contribution in [0.15, 0.2) is 35.1 Å². The number of nitrogens with zero attached hydrogens (tertiary/aromatic N) is 4. The smallest absolute Gasteiger partial charge is 0.302 e. The van der Waals surface area contributed by atoms with E-state index >= 15 is 0 Å². The second-order valence-corrected chi connectivity index (χ2v) is 9.05. The number of hydrogen-bond donors (Lipinski definition) is 1. The summed E-state index contributed by atoms with van der Waals surface area (Å²) >= 11 is 0. The van der Waals surface area contributed by atoms with E-state index in [2.05, 4.69) is 15.0 Å². The Bertz CT molecular complexity index is 1070. The monoisotopic (exact) mass is 419 g/mol. The zero-order valence-electron chi connectivity index (χ0n) is 16.5. The second kappa shape index (κ2) is 8.03. The molecule has 9 nitrogen and oxygen atoms in total. The van der Waals surface area contributed by atoms with Crippen molar-refractivity contribution in [2.75, 3.05) is 18.9 Å². The van der Waals surface area contributed by atoms with Crippen molar-refractivity contribution >= 4 is 27.0 Å². The van der Waals surface area contributed by atoms with Gasteiger partial charge in [0.15, 0.2) is 11.4 Å². The largest absolute Gasteiger partial charge is 0.496 e. The van der Waals surface area contributed by atoms with E-state index in [4.69, 9.17) is 9.26 Å². The lowest BCUT2D eigenvalue weighted by molar-refractivity contribution is 0.287. The van der Waals surface area contributed by atoms with Crippen LogP contribution in [0.25, 0.3) is 11.0 Å². The van der Waals surface area contributed by atoms with Crippen molar-refractivity contribution in [1.29, 1.82) is 0 Å². The lowest BCUT2D eigenvalue weighted by Gasteiger charge is -2.30. The van der Waals surface area contributed by atoms with E-state index in [9.17, 15) is 8.42 Å². The van der Waals surface area contributed by atoms with Gasteiger partial charge in [0.2, 0.25) is 0 Å². The summed E-state index contributed by atoms with van der Waals surface area (Å²) in [6, 6.07) is 5.50. The third-order valence-electron chi connectivity index (χ3n) is 5.42. The summed E-state index contributed by atoms with van der Waals surface area (Å²) in [6.07, 6.45) is 8.56.